The normalized spacial score (nSPS) is 11.2. The van der Waals surface area contributed by atoms with E-state index in [4.69, 9.17) is 4.74 Å². The predicted octanol–water partition coefficient (Wildman–Crippen LogP) is 3.80. The lowest BCUT2D eigenvalue weighted by Gasteiger charge is -2.14. The number of fused-ring (bicyclic) bond motifs is 1. The van der Waals surface area contributed by atoms with Gasteiger partial charge in [-0.2, -0.15) is 5.10 Å². The van der Waals surface area contributed by atoms with Gasteiger partial charge in [-0.05, 0) is 67.3 Å². The van der Waals surface area contributed by atoms with E-state index in [1.165, 1.54) is 12.1 Å². The monoisotopic (exact) mass is 434 g/mol. The number of aromatic nitrogens is 3. The van der Waals surface area contributed by atoms with Gasteiger partial charge in [0, 0.05) is 24.3 Å². The first-order valence-electron chi connectivity index (χ1n) is 10.6. The van der Waals surface area contributed by atoms with Crippen molar-refractivity contribution in [1.82, 2.24) is 19.7 Å². The fourth-order valence-electron chi connectivity index (χ4n) is 3.95. The second-order valence-electron chi connectivity index (χ2n) is 7.94. The molecule has 2 aromatic heterocycles. The van der Waals surface area contributed by atoms with E-state index < -0.39 is 0 Å². The average Bonchev–Trinajstić information content (AvgIpc) is 3.11. The summed E-state index contributed by atoms with van der Waals surface area (Å²) in [4.78, 5) is 13.3. The Balaban J connectivity index is 1.60. The molecular formula is C25H27FN4O2. The van der Waals surface area contributed by atoms with Gasteiger partial charge in [0.15, 0.2) is 0 Å². The minimum Gasteiger partial charge on any atom is -0.497 e. The van der Waals surface area contributed by atoms with E-state index in [1.54, 1.807) is 17.7 Å². The number of benzene rings is 2. The number of halogens is 1. The van der Waals surface area contributed by atoms with Gasteiger partial charge in [0.2, 0.25) is 0 Å². The third kappa shape index (κ3) is 4.73. The zero-order chi connectivity index (χ0) is 22.7. The van der Waals surface area contributed by atoms with Crippen LogP contribution in [0.1, 0.15) is 22.5 Å². The number of aryl methyl sites for hydroxylation is 2. The van der Waals surface area contributed by atoms with Crippen LogP contribution in [-0.4, -0.2) is 28.0 Å². The summed E-state index contributed by atoms with van der Waals surface area (Å²) in [5.41, 5.74) is 4.09. The van der Waals surface area contributed by atoms with E-state index in [9.17, 15) is 9.18 Å². The van der Waals surface area contributed by atoms with Crippen LogP contribution in [0.2, 0.25) is 0 Å². The van der Waals surface area contributed by atoms with Crippen molar-refractivity contribution in [1.29, 1.82) is 0 Å². The molecule has 32 heavy (non-hydrogen) atoms. The third-order valence-corrected chi connectivity index (χ3v) is 5.53. The van der Waals surface area contributed by atoms with Crippen LogP contribution in [-0.2, 0) is 19.6 Å². The Kier molecular flexibility index (Phi) is 6.37. The van der Waals surface area contributed by atoms with E-state index in [0.29, 0.717) is 36.5 Å². The molecule has 0 bridgehead atoms. The number of rotatable bonds is 8. The number of ether oxygens (including phenoxy) is 1. The van der Waals surface area contributed by atoms with Crippen LogP contribution in [0.5, 0.6) is 5.75 Å². The Morgan fingerprint density at radius 3 is 2.69 bits per heavy atom. The van der Waals surface area contributed by atoms with Crippen molar-refractivity contribution >= 4 is 10.9 Å². The number of pyridine rings is 1. The van der Waals surface area contributed by atoms with Crippen molar-refractivity contribution in [3.05, 3.63) is 93.3 Å². The molecule has 0 fully saturated rings. The second-order valence-corrected chi connectivity index (χ2v) is 7.94. The molecule has 0 saturated carbocycles. The molecule has 6 nitrogen and oxygen atoms in total. The van der Waals surface area contributed by atoms with Gasteiger partial charge in [0.25, 0.3) is 5.56 Å². The SMILES string of the molecule is COc1cccc(Cn2c(=O)c(CNCCn3nc(C)cc3C)cc3ccc(F)cc32)c1. The van der Waals surface area contributed by atoms with Crippen LogP contribution < -0.4 is 15.6 Å². The summed E-state index contributed by atoms with van der Waals surface area (Å²) in [6.07, 6.45) is 0. The molecule has 0 aliphatic rings. The summed E-state index contributed by atoms with van der Waals surface area (Å²) in [6.45, 7) is 6.15. The smallest absolute Gasteiger partial charge is 0.255 e. The molecule has 0 amide bonds. The molecule has 1 N–H and O–H groups in total. The van der Waals surface area contributed by atoms with E-state index in [2.05, 4.69) is 10.4 Å². The summed E-state index contributed by atoms with van der Waals surface area (Å²) in [5, 5.41) is 8.63. The van der Waals surface area contributed by atoms with Gasteiger partial charge in [-0.15, -0.1) is 0 Å². The highest BCUT2D eigenvalue weighted by atomic mass is 19.1. The van der Waals surface area contributed by atoms with Crippen LogP contribution in [0.3, 0.4) is 0 Å². The predicted molar refractivity (Wildman–Crippen MR) is 124 cm³/mol. The largest absolute Gasteiger partial charge is 0.497 e. The van der Waals surface area contributed by atoms with Gasteiger partial charge >= 0.3 is 0 Å². The topological polar surface area (TPSA) is 61.1 Å². The number of nitrogens with one attached hydrogen (secondary N) is 1. The molecule has 0 spiro atoms. The fourth-order valence-corrected chi connectivity index (χ4v) is 3.95. The maximum atomic E-state index is 14.0. The number of hydrogen-bond donors (Lipinski definition) is 1. The Hall–Kier alpha value is -3.45. The summed E-state index contributed by atoms with van der Waals surface area (Å²) in [6, 6.07) is 16.0. The van der Waals surface area contributed by atoms with Crippen molar-refractivity contribution < 1.29 is 9.13 Å². The van der Waals surface area contributed by atoms with Crippen molar-refractivity contribution in [3.8, 4) is 5.75 Å². The maximum Gasteiger partial charge on any atom is 0.255 e. The molecule has 4 rings (SSSR count). The van der Waals surface area contributed by atoms with Gasteiger partial charge in [-0.1, -0.05) is 12.1 Å². The summed E-state index contributed by atoms with van der Waals surface area (Å²) < 4.78 is 22.9. The molecule has 0 unspecified atom stereocenters. The van der Waals surface area contributed by atoms with Crippen LogP contribution in [0.4, 0.5) is 4.39 Å². The highest BCUT2D eigenvalue weighted by Gasteiger charge is 2.11. The van der Waals surface area contributed by atoms with Crippen LogP contribution in [0.15, 0.2) is 59.4 Å². The first-order chi connectivity index (χ1) is 15.4. The molecule has 2 aromatic carbocycles. The van der Waals surface area contributed by atoms with E-state index >= 15 is 0 Å². The van der Waals surface area contributed by atoms with Gasteiger partial charge < -0.3 is 14.6 Å². The molecule has 0 radical (unpaired) electrons. The lowest BCUT2D eigenvalue weighted by Crippen LogP contribution is -2.29. The minimum atomic E-state index is -0.368. The summed E-state index contributed by atoms with van der Waals surface area (Å²) in [5.74, 6) is 0.347. The Morgan fingerprint density at radius 1 is 1.09 bits per heavy atom. The molecular weight excluding hydrogens is 407 g/mol. The van der Waals surface area contributed by atoms with Crippen LogP contribution in [0, 0.1) is 19.7 Å². The first-order valence-corrected chi connectivity index (χ1v) is 10.6. The highest BCUT2D eigenvalue weighted by Crippen LogP contribution is 2.19. The van der Waals surface area contributed by atoms with Gasteiger partial charge in [0.05, 0.1) is 31.4 Å². The summed E-state index contributed by atoms with van der Waals surface area (Å²) >= 11 is 0. The van der Waals surface area contributed by atoms with E-state index in [1.807, 2.05) is 54.9 Å². The molecule has 0 aliphatic heterocycles. The van der Waals surface area contributed by atoms with Gasteiger partial charge in [0.1, 0.15) is 11.6 Å². The second kappa shape index (κ2) is 9.36. The molecule has 7 heteroatoms. The van der Waals surface area contributed by atoms with E-state index in [0.717, 1.165) is 28.9 Å². The summed E-state index contributed by atoms with van der Waals surface area (Å²) in [7, 11) is 1.61. The van der Waals surface area contributed by atoms with Crippen molar-refractivity contribution in [2.24, 2.45) is 0 Å². The molecule has 0 atom stereocenters. The Labute approximate surface area is 186 Å². The van der Waals surface area contributed by atoms with Gasteiger partial charge in [-0.3, -0.25) is 9.48 Å². The van der Waals surface area contributed by atoms with Gasteiger partial charge in [-0.25, -0.2) is 4.39 Å². The van der Waals surface area contributed by atoms with Crippen molar-refractivity contribution in [3.63, 3.8) is 0 Å². The maximum absolute atomic E-state index is 14.0. The lowest BCUT2D eigenvalue weighted by atomic mass is 10.1. The average molecular weight is 435 g/mol. The zero-order valence-corrected chi connectivity index (χ0v) is 18.6. The quantitative estimate of drug-likeness (QED) is 0.429. The molecule has 4 aromatic rings. The standard InChI is InChI=1S/C25H27FN4O2/c1-17-11-18(2)30(28-17)10-9-27-15-21-13-20-7-8-22(26)14-24(20)29(25(21)31)16-19-5-4-6-23(12-19)32-3/h4-8,11-14,27H,9-10,15-16H2,1-3H3. The first kappa shape index (κ1) is 21.8. The number of methoxy groups -OCH3 is 1. The highest BCUT2D eigenvalue weighted by molar-refractivity contribution is 5.79. The number of hydrogen-bond acceptors (Lipinski definition) is 4. The van der Waals surface area contributed by atoms with Crippen LogP contribution in [0.25, 0.3) is 10.9 Å². The van der Waals surface area contributed by atoms with E-state index in [-0.39, 0.29) is 11.4 Å². The molecule has 166 valence electrons. The molecule has 2 heterocycles. The number of nitrogens with zero attached hydrogens (tertiary/aromatic N) is 3. The van der Waals surface area contributed by atoms with Crippen LogP contribution >= 0.6 is 0 Å². The third-order valence-electron chi connectivity index (χ3n) is 5.53. The molecule has 0 aliphatic carbocycles. The minimum absolute atomic E-state index is 0.135. The molecule has 0 saturated heterocycles. The Bertz CT molecular complexity index is 1310. The van der Waals surface area contributed by atoms with Crippen molar-refractivity contribution in [2.75, 3.05) is 13.7 Å². The Morgan fingerprint density at radius 2 is 1.94 bits per heavy atom. The fraction of sp³-hybridized carbons (Fsp3) is 0.280. The van der Waals surface area contributed by atoms with Crippen molar-refractivity contribution in [2.45, 2.75) is 33.5 Å². The lowest BCUT2D eigenvalue weighted by molar-refractivity contribution is 0.414. The zero-order valence-electron chi connectivity index (χ0n) is 18.6.